The fourth-order valence-electron chi connectivity index (χ4n) is 0.940. The topological polar surface area (TPSA) is 26.3 Å². The van der Waals surface area contributed by atoms with Crippen molar-refractivity contribution >= 4 is 5.97 Å². The van der Waals surface area contributed by atoms with Crippen molar-refractivity contribution in [2.24, 2.45) is 11.8 Å². The van der Waals surface area contributed by atoms with E-state index in [1.54, 1.807) is 0 Å². The van der Waals surface area contributed by atoms with Gasteiger partial charge in [-0.3, -0.25) is 4.79 Å². The van der Waals surface area contributed by atoms with Crippen molar-refractivity contribution in [1.82, 2.24) is 0 Å². The van der Waals surface area contributed by atoms with Gasteiger partial charge in [0.25, 0.3) is 0 Å². The van der Waals surface area contributed by atoms with E-state index in [-0.39, 0.29) is 11.9 Å². The van der Waals surface area contributed by atoms with Crippen LogP contribution < -0.4 is 0 Å². The van der Waals surface area contributed by atoms with E-state index in [9.17, 15) is 4.79 Å². The number of hydrogen-bond donors (Lipinski definition) is 0. The highest BCUT2D eigenvalue weighted by Gasteiger charge is 2.33. The highest BCUT2D eigenvalue weighted by molar-refractivity contribution is 5.73. The van der Waals surface area contributed by atoms with Crippen molar-refractivity contribution in [3.63, 3.8) is 0 Å². The van der Waals surface area contributed by atoms with Crippen LogP contribution in [0.2, 0.25) is 0 Å². The van der Waals surface area contributed by atoms with Gasteiger partial charge >= 0.3 is 5.97 Å². The molecule has 0 bridgehead atoms. The third-order valence-electron chi connectivity index (χ3n) is 1.78. The fraction of sp³-hybridized carbons (Fsp3) is 0.750. The molecule has 2 nitrogen and oxygen atoms in total. The molecule has 1 saturated carbocycles. The molecule has 1 unspecified atom stereocenters. The first-order valence-corrected chi connectivity index (χ1v) is 3.75. The van der Waals surface area contributed by atoms with Gasteiger partial charge in [0.05, 0.1) is 12.5 Å². The Bertz CT molecular complexity index is 127. The number of ether oxygens (including phenoxy) is 1. The first-order chi connectivity index (χ1) is 4.75. The normalized spacial score (nSPS) is 20.2. The average molecular weight is 141 g/mol. The van der Waals surface area contributed by atoms with Crippen LogP contribution in [0.25, 0.3) is 0 Å². The molecule has 0 aromatic rings. The second-order valence-corrected chi connectivity index (χ2v) is 2.70. The van der Waals surface area contributed by atoms with Crippen LogP contribution in [0, 0.1) is 18.8 Å². The Morgan fingerprint density at radius 3 is 2.80 bits per heavy atom. The standard InChI is InChI=1S/C8H13O2/c1-3-10-8(9)6(2)7-4-5-7/h6-7H,2-5H2,1H3. The smallest absolute Gasteiger partial charge is 0.309 e. The van der Waals surface area contributed by atoms with E-state index in [0.717, 1.165) is 12.8 Å². The van der Waals surface area contributed by atoms with Gasteiger partial charge in [0.2, 0.25) is 0 Å². The van der Waals surface area contributed by atoms with E-state index < -0.39 is 0 Å². The molecule has 1 rings (SSSR count). The third kappa shape index (κ3) is 1.72. The summed E-state index contributed by atoms with van der Waals surface area (Å²) in [6.45, 7) is 6.03. The summed E-state index contributed by atoms with van der Waals surface area (Å²) in [6.07, 6.45) is 2.29. The summed E-state index contributed by atoms with van der Waals surface area (Å²) >= 11 is 0. The molecular formula is C8H13O2. The van der Waals surface area contributed by atoms with Crippen LogP contribution in [-0.2, 0) is 9.53 Å². The highest BCUT2D eigenvalue weighted by Crippen LogP contribution is 2.36. The molecule has 1 radical (unpaired) electrons. The van der Waals surface area contributed by atoms with Gasteiger partial charge in [-0.25, -0.2) is 0 Å². The van der Waals surface area contributed by atoms with E-state index in [4.69, 9.17) is 4.74 Å². The second kappa shape index (κ2) is 3.04. The van der Waals surface area contributed by atoms with Crippen molar-refractivity contribution < 1.29 is 9.53 Å². The molecule has 0 N–H and O–H groups in total. The van der Waals surface area contributed by atoms with E-state index >= 15 is 0 Å². The molecule has 10 heavy (non-hydrogen) atoms. The zero-order valence-corrected chi connectivity index (χ0v) is 6.30. The summed E-state index contributed by atoms with van der Waals surface area (Å²) in [5, 5.41) is 0. The Morgan fingerprint density at radius 1 is 1.80 bits per heavy atom. The third-order valence-corrected chi connectivity index (χ3v) is 1.78. The van der Waals surface area contributed by atoms with E-state index in [0.29, 0.717) is 12.5 Å². The van der Waals surface area contributed by atoms with Crippen LogP contribution in [-0.4, -0.2) is 12.6 Å². The highest BCUT2D eigenvalue weighted by atomic mass is 16.5. The van der Waals surface area contributed by atoms with Crippen molar-refractivity contribution in [3.8, 4) is 0 Å². The van der Waals surface area contributed by atoms with E-state index in [1.807, 2.05) is 6.92 Å². The van der Waals surface area contributed by atoms with Crippen LogP contribution in [0.1, 0.15) is 19.8 Å². The summed E-state index contributed by atoms with van der Waals surface area (Å²) in [5.74, 6) is 0.268. The van der Waals surface area contributed by atoms with Gasteiger partial charge in [-0.05, 0) is 32.6 Å². The van der Waals surface area contributed by atoms with Gasteiger partial charge in [0.15, 0.2) is 0 Å². The summed E-state index contributed by atoms with van der Waals surface area (Å²) < 4.78 is 4.80. The van der Waals surface area contributed by atoms with E-state index in [2.05, 4.69) is 6.92 Å². The minimum Gasteiger partial charge on any atom is -0.466 e. The quantitative estimate of drug-likeness (QED) is 0.555. The maximum atomic E-state index is 10.9. The lowest BCUT2D eigenvalue weighted by Gasteiger charge is -2.07. The summed E-state index contributed by atoms with van der Waals surface area (Å²) in [7, 11) is 0. The molecular weight excluding hydrogens is 128 g/mol. The van der Waals surface area contributed by atoms with Crippen LogP contribution in [0.4, 0.5) is 0 Å². The molecule has 0 amide bonds. The lowest BCUT2D eigenvalue weighted by Crippen LogP contribution is -2.16. The van der Waals surface area contributed by atoms with Crippen LogP contribution in [0.15, 0.2) is 0 Å². The van der Waals surface area contributed by atoms with Crippen LogP contribution in [0.3, 0.4) is 0 Å². The maximum Gasteiger partial charge on any atom is 0.309 e. The van der Waals surface area contributed by atoms with Crippen molar-refractivity contribution in [2.45, 2.75) is 19.8 Å². The first-order valence-electron chi connectivity index (χ1n) is 3.75. The largest absolute Gasteiger partial charge is 0.466 e. The minimum absolute atomic E-state index is 0.111. The average Bonchev–Trinajstić information content (AvgIpc) is 2.68. The number of carbonyl (C=O) groups is 1. The monoisotopic (exact) mass is 141 g/mol. The van der Waals surface area contributed by atoms with Gasteiger partial charge < -0.3 is 4.74 Å². The molecule has 1 fully saturated rings. The summed E-state index contributed by atoms with van der Waals surface area (Å²) in [5.41, 5.74) is 0. The number of hydrogen-bond acceptors (Lipinski definition) is 2. The van der Waals surface area contributed by atoms with Crippen molar-refractivity contribution in [1.29, 1.82) is 0 Å². The first kappa shape index (κ1) is 7.58. The van der Waals surface area contributed by atoms with Gasteiger partial charge in [-0.2, -0.15) is 0 Å². The van der Waals surface area contributed by atoms with Gasteiger partial charge in [0, 0.05) is 0 Å². The number of rotatable bonds is 3. The molecule has 57 valence electrons. The van der Waals surface area contributed by atoms with Crippen LogP contribution in [0.5, 0.6) is 0 Å². The fourth-order valence-corrected chi connectivity index (χ4v) is 0.940. The van der Waals surface area contributed by atoms with Gasteiger partial charge in [-0.1, -0.05) is 0 Å². The Morgan fingerprint density at radius 2 is 2.40 bits per heavy atom. The molecule has 1 aliphatic carbocycles. The molecule has 0 heterocycles. The second-order valence-electron chi connectivity index (χ2n) is 2.70. The molecule has 0 aromatic heterocycles. The Kier molecular flexibility index (Phi) is 2.30. The van der Waals surface area contributed by atoms with Crippen LogP contribution >= 0.6 is 0 Å². The predicted octanol–water partition coefficient (Wildman–Crippen LogP) is 1.41. The maximum absolute atomic E-state index is 10.9. The molecule has 0 aromatic carbocycles. The molecule has 1 aliphatic rings. The number of esters is 1. The van der Waals surface area contributed by atoms with Gasteiger partial charge in [-0.15, -0.1) is 0 Å². The summed E-state index contributed by atoms with van der Waals surface area (Å²) in [6, 6.07) is 0. The Labute approximate surface area is 61.6 Å². The molecule has 0 aliphatic heterocycles. The lowest BCUT2D eigenvalue weighted by molar-refractivity contribution is -0.147. The van der Waals surface area contributed by atoms with E-state index in [1.165, 1.54) is 0 Å². The SMILES string of the molecule is [CH2]C(C(=O)OCC)C1CC1. The molecule has 1 atom stereocenters. The summed E-state index contributed by atoms with van der Waals surface area (Å²) in [4.78, 5) is 10.9. The van der Waals surface area contributed by atoms with Crippen molar-refractivity contribution in [2.75, 3.05) is 6.61 Å². The zero-order chi connectivity index (χ0) is 7.56. The Balaban J connectivity index is 2.24. The minimum atomic E-state index is -0.134. The van der Waals surface area contributed by atoms with Gasteiger partial charge in [0.1, 0.15) is 0 Å². The molecule has 0 spiro atoms. The lowest BCUT2D eigenvalue weighted by atomic mass is 10.1. The van der Waals surface area contributed by atoms with Crippen molar-refractivity contribution in [3.05, 3.63) is 6.92 Å². The zero-order valence-electron chi connectivity index (χ0n) is 6.30. The molecule has 2 heteroatoms. The Hall–Kier alpha value is -0.530. The number of carbonyl (C=O) groups excluding carboxylic acids is 1. The molecule has 0 saturated heterocycles. The predicted molar refractivity (Wildman–Crippen MR) is 38.2 cm³/mol.